The minimum atomic E-state index is -0.144. The van der Waals surface area contributed by atoms with E-state index in [1.54, 1.807) is 19.4 Å². The van der Waals surface area contributed by atoms with Crippen molar-refractivity contribution in [2.45, 2.75) is 19.9 Å². The van der Waals surface area contributed by atoms with Gasteiger partial charge in [-0.15, -0.1) is 24.0 Å². The predicted molar refractivity (Wildman–Crippen MR) is 127 cm³/mol. The fourth-order valence-electron chi connectivity index (χ4n) is 2.37. The lowest BCUT2D eigenvalue weighted by atomic mass is 10.2. The van der Waals surface area contributed by atoms with E-state index in [1.165, 1.54) is 0 Å². The van der Waals surface area contributed by atoms with Crippen molar-refractivity contribution >= 4 is 47.4 Å². The third-order valence-corrected chi connectivity index (χ3v) is 4.09. The highest BCUT2D eigenvalue weighted by atomic mass is 127. The fraction of sp³-hybridized carbons (Fsp3) is 0.350. The highest BCUT2D eigenvalue weighted by molar-refractivity contribution is 14.0. The molecule has 0 fully saturated rings. The van der Waals surface area contributed by atoms with Gasteiger partial charge in [0, 0.05) is 25.8 Å². The van der Waals surface area contributed by atoms with Crippen LogP contribution in [0.2, 0.25) is 5.15 Å². The molecule has 0 atom stereocenters. The molecule has 0 spiro atoms. The molecule has 1 heterocycles. The Morgan fingerprint density at radius 2 is 1.83 bits per heavy atom. The summed E-state index contributed by atoms with van der Waals surface area (Å²) >= 11 is 5.79. The maximum Gasteiger partial charge on any atom is 0.242 e. The predicted octanol–water partition coefficient (Wildman–Crippen LogP) is 2.78. The average molecular weight is 532 g/mol. The van der Waals surface area contributed by atoms with Crippen LogP contribution < -0.4 is 20.7 Å². The number of amides is 1. The van der Waals surface area contributed by atoms with Crippen molar-refractivity contribution < 1.29 is 9.53 Å². The molecule has 0 bridgehead atoms. The smallest absolute Gasteiger partial charge is 0.242 e. The molecule has 2 aromatic rings. The number of pyridine rings is 1. The number of methoxy groups -OCH3 is 1. The first kappa shape index (κ1) is 25.0. The minimum Gasteiger partial charge on any atom is -0.497 e. The highest BCUT2D eigenvalue weighted by Gasteiger charge is 2.03. The second-order valence-corrected chi connectivity index (χ2v) is 6.37. The maximum absolute atomic E-state index is 12.1. The summed E-state index contributed by atoms with van der Waals surface area (Å²) in [7, 11) is 1.62. The Balaban J connectivity index is 0.00000420. The Labute approximate surface area is 193 Å². The summed E-state index contributed by atoms with van der Waals surface area (Å²) in [5, 5.41) is 9.67. The Kier molecular flexibility index (Phi) is 12.1. The topological polar surface area (TPSA) is 87.6 Å². The molecule has 0 aliphatic carbocycles. The molecule has 0 saturated carbocycles. The van der Waals surface area contributed by atoms with Crippen molar-refractivity contribution in [3.8, 4) is 5.75 Å². The lowest BCUT2D eigenvalue weighted by molar-refractivity contribution is -0.119. The van der Waals surface area contributed by atoms with Crippen LogP contribution in [0.15, 0.2) is 47.6 Å². The van der Waals surface area contributed by atoms with E-state index < -0.39 is 0 Å². The van der Waals surface area contributed by atoms with Crippen LogP contribution in [0.5, 0.6) is 5.75 Å². The molecule has 0 aliphatic heterocycles. The number of carbonyl (C=O) groups is 1. The molecule has 1 amide bonds. The molecule has 0 radical (unpaired) electrons. The number of halogens is 2. The van der Waals surface area contributed by atoms with Crippen LogP contribution >= 0.6 is 35.6 Å². The van der Waals surface area contributed by atoms with Gasteiger partial charge in [-0.1, -0.05) is 29.8 Å². The Morgan fingerprint density at radius 3 is 2.45 bits per heavy atom. The molecule has 0 unspecified atom stereocenters. The largest absolute Gasteiger partial charge is 0.497 e. The number of nitrogens with one attached hydrogen (secondary N) is 3. The van der Waals surface area contributed by atoms with Gasteiger partial charge in [0.05, 0.1) is 7.11 Å². The van der Waals surface area contributed by atoms with E-state index in [9.17, 15) is 4.79 Å². The van der Waals surface area contributed by atoms with Crippen molar-refractivity contribution in [2.24, 2.45) is 4.99 Å². The molecule has 9 heteroatoms. The number of guanidine groups is 1. The van der Waals surface area contributed by atoms with Crippen LogP contribution in [0.1, 0.15) is 18.1 Å². The second-order valence-electron chi connectivity index (χ2n) is 5.99. The highest BCUT2D eigenvalue weighted by Crippen LogP contribution is 2.10. The molecule has 2 rings (SSSR count). The number of ether oxygens (including phenoxy) is 1. The lowest BCUT2D eigenvalue weighted by Gasteiger charge is -2.11. The summed E-state index contributed by atoms with van der Waals surface area (Å²) < 4.78 is 5.12. The number of rotatable bonds is 9. The monoisotopic (exact) mass is 531 g/mol. The van der Waals surface area contributed by atoms with Gasteiger partial charge in [0.15, 0.2) is 5.96 Å². The van der Waals surface area contributed by atoms with Gasteiger partial charge in [-0.3, -0.25) is 4.79 Å². The molecule has 7 nitrogen and oxygen atoms in total. The zero-order valence-corrected chi connectivity index (χ0v) is 19.7. The zero-order chi connectivity index (χ0) is 20.2. The Morgan fingerprint density at radius 1 is 1.10 bits per heavy atom. The van der Waals surface area contributed by atoms with Gasteiger partial charge in [-0.05, 0) is 42.7 Å². The third kappa shape index (κ3) is 9.80. The summed E-state index contributed by atoms with van der Waals surface area (Å²) in [6.07, 6.45) is 2.53. The van der Waals surface area contributed by atoms with Crippen LogP contribution in [0, 0.1) is 0 Å². The fourth-order valence-corrected chi connectivity index (χ4v) is 2.48. The van der Waals surface area contributed by atoms with Gasteiger partial charge in [-0.25, -0.2) is 9.98 Å². The summed E-state index contributed by atoms with van der Waals surface area (Å²) in [5.41, 5.74) is 2.07. The Bertz CT molecular complexity index is 769. The van der Waals surface area contributed by atoms with Crippen LogP contribution in [0.25, 0.3) is 0 Å². The van der Waals surface area contributed by atoms with E-state index in [2.05, 4.69) is 25.9 Å². The van der Waals surface area contributed by atoms with Crippen molar-refractivity contribution in [2.75, 3.05) is 26.7 Å². The summed E-state index contributed by atoms with van der Waals surface area (Å²) in [6, 6.07) is 11.3. The van der Waals surface area contributed by atoms with E-state index in [0.717, 1.165) is 23.3 Å². The third-order valence-electron chi connectivity index (χ3n) is 3.87. The van der Waals surface area contributed by atoms with Crippen molar-refractivity contribution in [1.29, 1.82) is 0 Å². The first-order valence-corrected chi connectivity index (χ1v) is 9.50. The number of hydrogen-bond donors (Lipinski definition) is 3. The second kappa shape index (κ2) is 14.0. The zero-order valence-electron chi connectivity index (χ0n) is 16.6. The van der Waals surface area contributed by atoms with E-state index in [0.29, 0.717) is 30.7 Å². The SMILES string of the molecule is CCNC(=NCC(=O)NCc1ccc(OC)cc1)NCCc1ccc(Cl)nc1.I. The number of hydrogen-bond acceptors (Lipinski definition) is 4. The number of benzene rings is 1. The quantitative estimate of drug-likeness (QED) is 0.200. The lowest BCUT2D eigenvalue weighted by Crippen LogP contribution is -2.39. The van der Waals surface area contributed by atoms with Crippen molar-refractivity contribution in [3.05, 3.63) is 58.9 Å². The number of nitrogens with zero attached hydrogens (tertiary/aromatic N) is 2. The Hall–Kier alpha value is -2.07. The summed E-state index contributed by atoms with van der Waals surface area (Å²) in [6.45, 7) is 3.86. The van der Waals surface area contributed by atoms with Gasteiger partial charge in [0.1, 0.15) is 17.4 Å². The van der Waals surface area contributed by atoms with Crippen molar-refractivity contribution in [1.82, 2.24) is 20.9 Å². The van der Waals surface area contributed by atoms with E-state index in [-0.39, 0.29) is 36.4 Å². The first-order chi connectivity index (χ1) is 13.6. The molecule has 29 heavy (non-hydrogen) atoms. The standard InChI is InChI=1S/C20H26ClN5O2.HI/c1-3-22-20(23-11-10-16-6-9-18(21)24-12-16)26-14-19(27)25-13-15-4-7-17(28-2)8-5-15;/h4-9,12H,3,10-11,13-14H2,1-2H3,(H,25,27)(H2,22,23,26);1H. The average Bonchev–Trinajstić information content (AvgIpc) is 2.72. The summed E-state index contributed by atoms with van der Waals surface area (Å²) in [5.74, 6) is 1.24. The molecule has 0 aliphatic rings. The molecule has 1 aromatic heterocycles. The van der Waals surface area contributed by atoms with Gasteiger partial charge in [-0.2, -0.15) is 0 Å². The van der Waals surface area contributed by atoms with Crippen LogP contribution in [-0.4, -0.2) is 43.6 Å². The van der Waals surface area contributed by atoms with Gasteiger partial charge in [0.2, 0.25) is 5.91 Å². The van der Waals surface area contributed by atoms with E-state index in [1.807, 2.05) is 37.3 Å². The maximum atomic E-state index is 12.1. The van der Waals surface area contributed by atoms with Crippen LogP contribution in [0.3, 0.4) is 0 Å². The van der Waals surface area contributed by atoms with Crippen molar-refractivity contribution in [3.63, 3.8) is 0 Å². The first-order valence-electron chi connectivity index (χ1n) is 9.13. The molecule has 158 valence electrons. The van der Waals surface area contributed by atoms with Crippen LogP contribution in [0.4, 0.5) is 0 Å². The van der Waals surface area contributed by atoms with Gasteiger partial charge >= 0.3 is 0 Å². The van der Waals surface area contributed by atoms with Gasteiger partial charge in [0.25, 0.3) is 0 Å². The minimum absolute atomic E-state index is 0. The van der Waals surface area contributed by atoms with E-state index in [4.69, 9.17) is 16.3 Å². The van der Waals surface area contributed by atoms with Gasteiger partial charge < -0.3 is 20.7 Å². The number of carbonyl (C=O) groups excluding carboxylic acids is 1. The molecular formula is C20H27ClIN5O2. The summed E-state index contributed by atoms with van der Waals surface area (Å²) in [4.78, 5) is 20.4. The van der Waals surface area contributed by atoms with Crippen LogP contribution in [-0.2, 0) is 17.8 Å². The molecule has 1 aromatic carbocycles. The number of aliphatic imine (C=N–C) groups is 1. The molecule has 0 saturated heterocycles. The van der Waals surface area contributed by atoms with E-state index >= 15 is 0 Å². The normalized spacial score (nSPS) is 10.7. The number of aromatic nitrogens is 1. The molecule has 3 N–H and O–H groups in total. The molecular weight excluding hydrogens is 505 g/mol.